The summed E-state index contributed by atoms with van der Waals surface area (Å²) >= 11 is 0. The van der Waals surface area contributed by atoms with E-state index in [4.69, 9.17) is 9.15 Å². The second-order valence-corrected chi connectivity index (χ2v) is 5.06. The van der Waals surface area contributed by atoms with Crippen molar-refractivity contribution in [1.29, 1.82) is 0 Å². The van der Waals surface area contributed by atoms with Crippen molar-refractivity contribution in [3.63, 3.8) is 0 Å². The predicted octanol–water partition coefficient (Wildman–Crippen LogP) is 2.10. The number of rotatable bonds is 8. The number of aliphatic hydroxyl groups excluding tert-OH is 1. The monoisotopic (exact) mass is 265 g/mol. The fraction of sp³-hybridized carbons (Fsp3) is 0.600. The van der Waals surface area contributed by atoms with Crippen molar-refractivity contribution in [2.24, 2.45) is 5.92 Å². The van der Waals surface area contributed by atoms with Gasteiger partial charge in [-0.25, -0.2) is 0 Å². The van der Waals surface area contributed by atoms with Crippen LogP contribution in [0, 0.1) is 5.92 Å². The van der Waals surface area contributed by atoms with Crippen LogP contribution < -0.4 is 5.32 Å². The Morgan fingerprint density at radius 2 is 2.42 bits per heavy atom. The Morgan fingerprint density at radius 3 is 3.16 bits per heavy atom. The summed E-state index contributed by atoms with van der Waals surface area (Å²) in [5.74, 6) is 1.50. The van der Waals surface area contributed by atoms with Gasteiger partial charge in [-0.2, -0.15) is 0 Å². The quantitative estimate of drug-likeness (QED) is 0.707. The van der Waals surface area contributed by atoms with Crippen LogP contribution in [0.2, 0.25) is 0 Å². The number of aliphatic hydroxyl groups is 1. The maximum Gasteiger partial charge on any atom is 0.129 e. The molecule has 1 aromatic heterocycles. The fourth-order valence-corrected chi connectivity index (χ4v) is 2.24. The van der Waals surface area contributed by atoms with Crippen molar-refractivity contribution < 1.29 is 14.3 Å². The molecule has 0 saturated heterocycles. The maximum absolute atomic E-state index is 9.78. The summed E-state index contributed by atoms with van der Waals surface area (Å²) in [6.45, 7) is 2.30. The van der Waals surface area contributed by atoms with E-state index in [0.29, 0.717) is 25.7 Å². The lowest BCUT2D eigenvalue weighted by Crippen LogP contribution is -2.33. The molecular weight excluding hydrogens is 242 g/mol. The van der Waals surface area contributed by atoms with E-state index >= 15 is 0 Å². The number of hydrogen-bond acceptors (Lipinski definition) is 4. The van der Waals surface area contributed by atoms with Crippen LogP contribution in [0.5, 0.6) is 0 Å². The summed E-state index contributed by atoms with van der Waals surface area (Å²) < 4.78 is 10.5. The third-order valence-electron chi connectivity index (χ3n) is 3.33. The first kappa shape index (κ1) is 14.3. The van der Waals surface area contributed by atoms with Gasteiger partial charge in [0.15, 0.2) is 0 Å². The van der Waals surface area contributed by atoms with Crippen molar-refractivity contribution >= 4 is 0 Å². The fourth-order valence-electron chi connectivity index (χ4n) is 2.24. The van der Waals surface area contributed by atoms with Crippen LogP contribution in [-0.4, -0.2) is 30.9 Å². The second-order valence-electron chi connectivity index (χ2n) is 5.06. The van der Waals surface area contributed by atoms with E-state index in [9.17, 15) is 5.11 Å². The molecule has 0 aromatic carbocycles. The average molecular weight is 265 g/mol. The molecule has 0 amide bonds. The molecule has 0 aliphatic heterocycles. The van der Waals surface area contributed by atoms with Crippen LogP contribution in [0.15, 0.2) is 35.0 Å². The standard InChI is InChI=1S/C15H23NO3/c17-14(11-18-12-15-7-4-8-19-15)10-16-9-13-5-2-1-3-6-13/h1-2,4,7-8,13-14,16-17H,3,5-6,9-12H2. The van der Waals surface area contributed by atoms with E-state index in [0.717, 1.165) is 18.7 Å². The Hall–Kier alpha value is -1.10. The molecule has 0 saturated carbocycles. The van der Waals surface area contributed by atoms with Gasteiger partial charge < -0.3 is 19.6 Å². The summed E-state index contributed by atoms with van der Waals surface area (Å²) in [6, 6.07) is 3.69. The molecule has 4 heteroatoms. The van der Waals surface area contributed by atoms with Crippen molar-refractivity contribution in [3.05, 3.63) is 36.3 Å². The van der Waals surface area contributed by atoms with Crippen LogP contribution >= 0.6 is 0 Å². The van der Waals surface area contributed by atoms with Gasteiger partial charge in [0.05, 0.1) is 19.0 Å². The minimum Gasteiger partial charge on any atom is -0.467 e. The lowest BCUT2D eigenvalue weighted by molar-refractivity contribution is 0.0223. The highest BCUT2D eigenvalue weighted by atomic mass is 16.5. The second kappa shape index (κ2) is 8.15. The maximum atomic E-state index is 9.78. The van der Waals surface area contributed by atoms with Gasteiger partial charge in [0.2, 0.25) is 0 Å². The zero-order valence-electron chi connectivity index (χ0n) is 11.3. The van der Waals surface area contributed by atoms with E-state index in [2.05, 4.69) is 17.5 Å². The first-order chi connectivity index (χ1) is 9.34. The first-order valence-electron chi connectivity index (χ1n) is 6.98. The molecule has 1 aliphatic rings. The summed E-state index contributed by atoms with van der Waals surface area (Å²) in [5.41, 5.74) is 0. The van der Waals surface area contributed by atoms with Crippen molar-refractivity contribution in [2.45, 2.75) is 32.0 Å². The third kappa shape index (κ3) is 5.59. The molecule has 4 nitrogen and oxygen atoms in total. The Bertz CT molecular complexity index is 361. The Kier molecular flexibility index (Phi) is 6.14. The van der Waals surface area contributed by atoms with E-state index < -0.39 is 6.10 Å². The van der Waals surface area contributed by atoms with Crippen molar-refractivity contribution in [3.8, 4) is 0 Å². The summed E-state index contributed by atoms with van der Waals surface area (Å²) in [7, 11) is 0. The van der Waals surface area contributed by atoms with Gasteiger partial charge in [-0.3, -0.25) is 0 Å². The zero-order chi connectivity index (χ0) is 13.3. The molecule has 2 N–H and O–H groups in total. The van der Waals surface area contributed by atoms with Crippen LogP contribution in [0.1, 0.15) is 25.0 Å². The summed E-state index contributed by atoms with van der Waals surface area (Å²) in [4.78, 5) is 0. The minimum absolute atomic E-state index is 0.332. The molecule has 106 valence electrons. The average Bonchev–Trinajstić information content (AvgIpc) is 2.93. The molecule has 0 spiro atoms. The highest BCUT2D eigenvalue weighted by Gasteiger charge is 2.10. The number of hydrogen-bond donors (Lipinski definition) is 2. The molecule has 2 unspecified atom stereocenters. The molecule has 2 rings (SSSR count). The smallest absolute Gasteiger partial charge is 0.129 e. The molecule has 0 bridgehead atoms. The molecule has 1 aliphatic carbocycles. The van der Waals surface area contributed by atoms with E-state index in [1.807, 2.05) is 12.1 Å². The van der Waals surface area contributed by atoms with Gasteiger partial charge in [-0.1, -0.05) is 12.2 Å². The van der Waals surface area contributed by atoms with E-state index in [-0.39, 0.29) is 0 Å². The van der Waals surface area contributed by atoms with Crippen LogP contribution in [0.4, 0.5) is 0 Å². The molecule has 1 heterocycles. The number of furan rings is 1. The van der Waals surface area contributed by atoms with Gasteiger partial charge in [-0.05, 0) is 43.9 Å². The molecule has 2 atom stereocenters. The SMILES string of the molecule is OC(CNCC1CC=CCC1)COCc1ccco1. The van der Waals surface area contributed by atoms with Gasteiger partial charge in [-0.15, -0.1) is 0 Å². The third-order valence-corrected chi connectivity index (χ3v) is 3.33. The summed E-state index contributed by atoms with van der Waals surface area (Å²) in [6.07, 6.45) is 9.23. The molecule has 1 aromatic rings. The highest BCUT2D eigenvalue weighted by molar-refractivity contribution is 4.96. The number of ether oxygens (including phenoxy) is 1. The topological polar surface area (TPSA) is 54.6 Å². The van der Waals surface area contributed by atoms with Crippen molar-refractivity contribution in [1.82, 2.24) is 5.32 Å². The zero-order valence-corrected chi connectivity index (χ0v) is 11.3. The number of allylic oxidation sites excluding steroid dienone is 2. The molecular formula is C15H23NO3. The highest BCUT2D eigenvalue weighted by Crippen LogP contribution is 2.16. The Labute approximate surface area is 114 Å². The van der Waals surface area contributed by atoms with E-state index in [1.165, 1.54) is 12.8 Å². The molecule has 0 fully saturated rings. The van der Waals surface area contributed by atoms with Crippen molar-refractivity contribution in [2.75, 3.05) is 19.7 Å². The molecule has 19 heavy (non-hydrogen) atoms. The normalized spacial score (nSPS) is 20.6. The predicted molar refractivity (Wildman–Crippen MR) is 73.7 cm³/mol. The Balaban J connectivity index is 1.49. The minimum atomic E-state index is -0.464. The lowest BCUT2D eigenvalue weighted by Gasteiger charge is -2.19. The largest absolute Gasteiger partial charge is 0.467 e. The van der Waals surface area contributed by atoms with Crippen LogP contribution in [0.3, 0.4) is 0 Å². The van der Waals surface area contributed by atoms with E-state index in [1.54, 1.807) is 6.26 Å². The summed E-state index contributed by atoms with van der Waals surface area (Å²) in [5, 5.41) is 13.1. The van der Waals surface area contributed by atoms with Gasteiger partial charge in [0, 0.05) is 6.54 Å². The number of nitrogens with one attached hydrogen (secondary N) is 1. The van der Waals surface area contributed by atoms with Crippen LogP contribution in [-0.2, 0) is 11.3 Å². The van der Waals surface area contributed by atoms with Gasteiger partial charge in [0.1, 0.15) is 12.4 Å². The Morgan fingerprint density at radius 1 is 1.47 bits per heavy atom. The van der Waals surface area contributed by atoms with Crippen LogP contribution in [0.25, 0.3) is 0 Å². The van der Waals surface area contributed by atoms with Gasteiger partial charge in [0.25, 0.3) is 0 Å². The van der Waals surface area contributed by atoms with Gasteiger partial charge >= 0.3 is 0 Å². The molecule has 0 radical (unpaired) electrons. The first-order valence-corrected chi connectivity index (χ1v) is 6.98. The lowest BCUT2D eigenvalue weighted by atomic mass is 9.94.